The summed E-state index contributed by atoms with van der Waals surface area (Å²) in [6, 6.07) is 14.6. The third kappa shape index (κ3) is 8.85. The molecule has 0 fully saturated rings. The fourth-order valence-corrected chi connectivity index (χ4v) is 5.82. The van der Waals surface area contributed by atoms with Gasteiger partial charge in [-0.15, -0.1) is 0 Å². The van der Waals surface area contributed by atoms with Gasteiger partial charge in [0.25, 0.3) is 11.5 Å². The van der Waals surface area contributed by atoms with Crippen LogP contribution in [0.3, 0.4) is 0 Å². The summed E-state index contributed by atoms with van der Waals surface area (Å²) in [6.45, 7) is 6.50. The molecule has 5 rings (SSSR count). The normalized spacial score (nSPS) is 11.5. The molecule has 5 aromatic rings. The van der Waals surface area contributed by atoms with Crippen LogP contribution in [0.2, 0.25) is 0 Å². The van der Waals surface area contributed by atoms with Gasteiger partial charge in [-0.3, -0.25) is 14.5 Å². The minimum absolute atomic E-state index is 0.176. The van der Waals surface area contributed by atoms with E-state index < -0.39 is 11.5 Å². The SMILES string of the molecule is CCc1cccc2c1c(O)c(C(=O)N(CCOCCOCCOCCN(Cc1nccn1C)Cc1nccn1C)c1ccccc1)c(=O)n2C. The van der Waals surface area contributed by atoms with Crippen LogP contribution in [0, 0.1) is 0 Å². The summed E-state index contributed by atoms with van der Waals surface area (Å²) < 4.78 is 22.8. The number of pyridine rings is 1. The molecule has 0 saturated carbocycles. The molecule has 266 valence electrons. The average molecular weight is 686 g/mol. The molecule has 13 nitrogen and oxygen atoms in total. The van der Waals surface area contributed by atoms with Crippen molar-refractivity contribution in [2.45, 2.75) is 26.4 Å². The molecule has 0 unspecified atom stereocenters. The van der Waals surface area contributed by atoms with Gasteiger partial charge >= 0.3 is 0 Å². The third-order valence-electron chi connectivity index (χ3n) is 8.72. The molecule has 0 aliphatic carbocycles. The smallest absolute Gasteiger partial charge is 0.267 e. The number of amides is 1. The third-order valence-corrected chi connectivity index (χ3v) is 8.72. The molecule has 0 bridgehead atoms. The van der Waals surface area contributed by atoms with Gasteiger partial charge in [0.1, 0.15) is 23.0 Å². The first-order valence-corrected chi connectivity index (χ1v) is 16.9. The summed E-state index contributed by atoms with van der Waals surface area (Å²) in [4.78, 5) is 40.0. The molecular formula is C37H47N7O6. The zero-order chi connectivity index (χ0) is 35.5. The number of nitrogens with zero attached hydrogens (tertiary/aromatic N) is 7. The largest absolute Gasteiger partial charge is 0.506 e. The Kier molecular flexibility index (Phi) is 12.9. The summed E-state index contributed by atoms with van der Waals surface area (Å²) >= 11 is 0. The number of para-hydroxylation sites is 1. The summed E-state index contributed by atoms with van der Waals surface area (Å²) in [6.07, 6.45) is 8.11. The van der Waals surface area contributed by atoms with Crippen molar-refractivity contribution in [1.82, 2.24) is 28.6 Å². The highest BCUT2D eigenvalue weighted by Gasteiger charge is 2.27. The van der Waals surface area contributed by atoms with Crippen LogP contribution in [0.1, 0.15) is 34.5 Å². The Hall–Kier alpha value is -4.82. The lowest BCUT2D eigenvalue weighted by Gasteiger charge is -2.24. The Bertz CT molecular complexity index is 1860. The van der Waals surface area contributed by atoms with Crippen LogP contribution < -0.4 is 10.5 Å². The van der Waals surface area contributed by atoms with Crippen molar-refractivity contribution in [1.29, 1.82) is 0 Å². The fourth-order valence-electron chi connectivity index (χ4n) is 5.82. The average Bonchev–Trinajstić information content (AvgIpc) is 3.73. The second-order valence-electron chi connectivity index (χ2n) is 12.0. The summed E-state index contributed by atoms with van der Waals surface area (Å²) in [7, 11) is 5.59. The number of aromatic nitrogens is 5. The van der Waals surface area contributed by atoms with Gasteiger partial charge in [0.2, 0.25) is 0 Å². The topological polar surface area (TPSA) is 129 Å². The van der Waals surface area contributed by atoms with Crippen molar-refractivity contribution in [2.24, 2.45) is 21.1 Å². The number of benzene rings is 2. The van der Waals surface area contributed by atoms with E-state index in [4.69, 9.17) is 14.2 Å². The molecule has 0 aliphatic rings. The molecule has 0 aliphatic heterocycles. The lowest BCUT2D eigenvalue weighted by atomic mass is 10.0. The number of hydrogen-bond acceptors (Lipinski definition) is 9. The van der Waals surface area contributed by atoms with E-state index in [9.17, 15) is 14.7 Å². The Morgan fingerprint density at radius 1 is 0.780 bits per heavy atom. The summed E-state index contributed by atoms with van der Waals surface area (Å²) in [5, 5.41) is 11.8. The van der Waals surface area contributed by atoms with Crippen LogP contribution in [0.25, 0.3) is 10.9 Å². The Morgan fingerprint density at radius 2 is 1.36 bits per heavy atom. The van der Waals surface area contributed by atoms with Crippen molar-refractivity contribution >= 4 is 22.5 Å². The second kappa shape index (κ2) is 17.7. The molecule has 13 heteroatoms. The molecule has 3 aromatic heterocycles. The first kappa shape index (κ1) is 36.5. The molecule has 0 radical (unpaired) electrons. The van der Waals surface area contributed by atoms with Crippen LogP contribution in [0.5, 0.6) is 5.75 Å². The minimum Gasteiger partial charge on any atom is -0.506 e. The van der Waals surface area contributed by atoms with E-state index in [0.717, 1.165) is 17.2 Å². The lowest BCUT2D eigenvalue weighted by Crippen LogP contribution is -2.38. The van der Waals surface area contributed by atoms with Gasteiger partial charge in [0.05, 0.1) is 58.2 Å². The number of carbonyl (C=O) groups is 1. The molecule has 3 heterocycles. The molecule has 2 aromatic carbocycles. The monoisotopic (exact) mass is 685 g/mol. The van der Waals surface area contributed by atoms with Crippen molar-refractivity contribution in [2.75, 3.05) is 57.6 Å². The molecule has 0 atom stereocenters. The predicted molar refractivity (Wildman–Crippen MR) is 191 cm³/mol. The van der Waals surface area contributed by atoms with Gasteiger partial charge in [-0.25, -0.2) is 9.97 Å². The summed E-state index contributed by atoms with van der Waals surface area (Å²) in [5.41, 5.74) is 1.21. The van der Waals surface area contributed by atoms with Gasteiger partial charge in [0, 0.05) is 70.1 Å². The van der Waals surface area contributed by atoms with Crippen molar-refractivity contribution < 1.29 is 24.1 Å². The maximum absolute atomic E-state index is 14.0. The molecule has 0 spiro atoms. The number of imidazole rings is 2. The highest BCUT2D eigenvalue weighted by atomic mass is 16.5. The number of anilines is 1. The minimum atomic E-state index is -0.586. The number of aryl methyl sites for hydroxylation is 4. The van der Waals surface area contributed by atoms with Crippen LogP contribution >= 0.6 is 0 Å². The fraction of sp³-hybridized carbons (Fsp3) is 0.405. The zero-order valence-corrected chi connectivity index (χ0v) is 29.3. The number of fused-ring (bicyclic) bond motifs is 1. The molecule has 1 N–H and O–H groups in total. The molecule has 50 heavy (non-hydrogen) atoms. The molecule has 1 amide bonds. The quantitative estimate of drug-likeness (QED) is 0.130. The number of ether oxygens (including phenoxy) is 3. The van der Waals surface area contributed by atoms with Gasteiger partial charge in [-0.2, -0.15) is 0 Å². The zero-order valence-electron chi connectivity index (χ0n) is 29.3. The van der Waals surface area contributed by atoms with E-state index in [2.05, 4.69) is 14.9 Å². The van der Waals surface area contributed by atoms with Gasteiger partial charge in [-0.1, -0.05) is 37.3 Å². The lowest BCUT2D eigenvalue weighted by molar-refractivity contribution is 0.0105. The van der Waals surface area contributed by atoms with Gasteiger partial charge in [-0.05, 0) is 30.2 Å². The number of hydrogen-bond donors (Lipinski definition) is 1. The Balaban J connectivity index is 1.08. The van der Waals surface area contributed by atoms with E-state index in [1.54, 1.807) is 37.6 Å². The summed E-state index contributed by atoms with van der Waals surface area (Å²) in [5.74, 6) is 1.07. The second-order valence-corrected chi connectivity index (χ2v) is 12.0. The van der Waals surface area contributed by atoms with E-state index >= 15 is 0 Å². The van der Waals surface area contributed by atoms with Crippen LogP contribution in [-0.4, -0.2) is 92.3 Å². The van der Waals surface area contributed by atoms with Crippen LogP contribution in [-0.2, 0) is 54.9 Å². The molecule has 0 saturated heterocycles. The Morgan fingerprint density at radius 3 is 1.92 bits per heavy atom. The highest BCUT2D eigenvalue weighted by molar-refractivity contribution is 6.10. The van der Waals surface area contributed by atoms with E-state index in [0.29, 0.717) is 75.7 Å². The van der Waals surface area contributed by atoms with Crippen molar-refractivity contribution in [3.63, 3.8) is 0 Å². The maximum atomic E-state index is 14.0. The van der Waals surface area contributed by atoms with E-state index in [1.165, 1.54) is 9.47 Å². The predicted octanol–water partition coefficient (Wildman–Crippen LogP) is 3.67. The van der Waals surface area contributed by atoms with Crippen molar-refractivity contribution in [3.05, 3.63) is 106 Å². The van der Waals surface area contributed by atoms with Crippen LogP contribution in [0.15, 0.2) is 78.1 Å². The Labute approximate surface area is 292 Å². The number of aromatic hydroxyl groups is 1. The molecular weight excluding hydrogens is 638 g/mol. The number of carbonyl (C=O) groups excluding carboxylic acids is 1. The maximum Gasteiger partial charge on any atom is 0.267 e. The number of rotatable bonds is 19. The van der Waals surface area contributed by atoms with Gasteiger partial charge in [0.15, 0.2) is 0 Å². The highest BCUT2D eigenvalue weighted by Crippen LogP contribution is 2.31. The standard InChI is InChI=1S/C37H47N7O6/c1-5-28-10-9-13-30-33(28)35(45)34(36(46)42(30)4)37(47)44(29-11-7-6-8-12-29)19-21-49-23-25-50-24-22-48-20-18-43(26-31-38-14-16-40(31)2)27-32-39-15-17-41(32)3/h6-17,45H,5,18-27H2,1-4H3. The van der Waals surface area contributed by atoms with E-state index in [-0.39, 0.29) is 24.5 Å². The first-order valence-electron chi connectivity index (χ1n) is 16.9. The van der Waals surface area contributed by atoms with E-state index in [1.807, 2.05) is 72.9 Å². The van der Waals surface area contributed by atoms with Crippen molar-refractivity contribution in [3.8, 4) is 5.75 Å². The first-order chi connectivity index (χ1) is 24.3. The van der Waals surface area contributed by atoms with Gasteiger partial charge < -0.3 is 37.9 Å². The van der Waals surface area contributed by atoms with Crippen LogP contribution in [0.4, 0.5) is 5.69 Å².